The van der Waals surface area contributed by atoms with Crippen molar-refractivity contribution in [3.63, 3.8) is 0 Å². The van der Waals surface area contributed by atoms with Gasteiger partial charge in [0.2, 0.25) is 0 Å². The van der Waals surface area contributed by atoms with Crippen molar-refractivity contribution in [3.05, 3.63) is 5.92 Å². The van der Waals surface area contributed by atoms with Gasteiger partial charge in [-0.1, -0.05) is 0 Å². The number of Topliss-reactive ketones (excluding diaryl/α,β-unsaturated/α-hetero) is 1. The lowest BCUT2D eigenvalue weighted by molar-refractivity contribution is -0.143. The fourth-order valence-electron chi connectivity index (χ4n) is 2.28. The number of ketones is 1. The maximum atomic E-state index is 11.4. The summed E-state index contributed by atoms with van der Waals surface area (Å²) in [6.07, 6.45) is 3.05. The van der Waals surface area contributed by atoms with Gasteiger partial charge in [0.05, 0.1) is 11.8 Å². The number of carboxylic acids is 1. The highest BCUT2D eigenvalue weighted by atomic mass is 16.4. The van der Waals surface area contributed by atoms with Gasteiger partial charge < -0.3 is 5.11 Å². The van der Waals surface area contributed by atoms with Crippen LogP contribution in [-0.2, 0) is 9.59 Å². The zero-order valence-electron chi connectivity index (χ0n) is 6.75. The summed E-state index contributed by atoms with van der Waals surface area (Å²) in [4.78, 5) is 22.1. The summed E-state index contributed by atoms with van der Waals surface area (Å²) in [6, 6.07) is 0. The van der Waals surface area contributed by atoms with E-state index in [0.29, 0.717) is 12.3 Å². The van der Waals surface area contributed by atoms with Crippen LogP contribution in [0.25, 0.3) is 0 Å². The Balaban J connectivity index is 2.20. The monoisotopic (exact) mass is 167 g/mol. The third-order valence-electron chi connectivity index (χ3n) is 2.97. The molecule has 0 aromatic carbocycles. The second-order valence-electron chi connectivity index (χ2n) is 3.59. The van der Waals surface area contributed by atoms with Gasteiger partial charge >= 0.3 is 5.97 Å². The molecule has 2 aliphatic rings. The minimum Gasteiger partial charge on any atom is -0.481 e. The van der Waals surface area contributed by atoms with Crippen molar-refractivity contribution in [2.75, 3.05) is 0 Å². The van der Waals surface area contributed by atoms with Gasteiger partial charge in [-0.2, -0.15) is 0 Å². The molecule has 2 unspecified atom stereocenters. The quantitative estimate of drug-likeness (QED) is 0.634. The Bertz CT molecular complexity index is 234. The first-order valence-electron chi connectivity index (χ1n) is 4.33. The Kier molecular flexibility index (Phi) is 1.67. The van der Waals surface area contributed by atoms with Gasteiger partial charge in [-0.15, -0.1) is 0 Å². The summed E-state index contributed by atoms with van der Waals surface area (Å²) in [5.74, 6) is -0.307. The van der Waals surface area contributed by atoms with Crippen LogP contribution >= 0.6 is 0 Å². The molecular weight excluding hydrogens is 156 g/mol. The van der Waals surface area contributed by atoms with E-state index in [-0.39, 0.29) is 11.7 Å². The van der Waals surface area contributed by atoms with Gasteiger partial charge in [0.25, 0.3) is 0 Å². The third kappa shape index (κ3) is 0.958. The third-order valence-corrected chi connectivity index (χ3v) is 2.97. The molecule has 12 heavy (non-hydrogen) atoms. The lowest BCUT2D eigenvalue weighted by Crippen LogP contribution is -2.31. The maximum Gasteiger partial charge on any atom is 0.307 e. The van der Waals surface area contributed by atoms with Crippen molar-refractivity contribution in [1.29, 1.82) is 0 Å². The van der Waals surface area contributed by atoms with Gasteiger partial charge in [-0.3, -0.25) is 9.59 Å². The first-order valence-corrected chi connectivity index (χ1v) is 4.33. The molecule has 0 saturated heterocycles. The van der Waals surface area contributed by atoms with Gasteiger partial charge in [0, 0.05) is 5.92 Å². The molecule has 2 fully saturated rings. The number of aliphatic carboxylic acids is 1. The van der Waals surface area contributed by atoms with Crippen molar-refractivity contribution in [1.82, 2.24) is 0 Å². The molecule has 0 amide bonds. The van der Waals surface area contributed by atoms with Crippen LogP contribution in [0.5, 0.6) is 0 Å². The molecule has 0 spiro atoms. The number of rotatable bonds is 1. The zero-order valence-corrected chi connectivity index (χ0v) is 6.75. The lowest BCUT2D eigenvalue weighted by Gasteiger charge is -2.23. The van der Waals surface area contributed by atoms with Gasteiger partial charge in [0.15, 0.2) is 0 Å². The number of carbonyl (C=O) groups is 2. The molecule has 1 N–H and O–H groups in total. The van der Waals surface area contributed by atoms with Crippen LogP contribution < -0.4 is 0 Å². The van der Waals surface area contributed by atoms with Crippen LogP contribution in [0.4, 0.5) is 0 Å². The van der Waals surface area contributed by atoms with E-state index in [4.69, 9.17) is 5.11 Å². The number of hydrogen-bond donors (Lipinski definition) is 1. The average molecular weight is 167 g/mol. The molecule has 0 aliphatic heterocycles. The highest BCUT2D eigenvalue weighted by Gasteiger charge is 2.46. The smallest absolute Gasteiger partial charge is 0.307 e. The van der Waals surface area contributed by atoms with Crippen molar-refractivity contribution >= 4 is 11.8 Å². The van der Waals surface area contributed by atoms with Crippen molar-refractivity contribution in [2.24, 2.45) is 11.8 Å². The second-order valence-corrected chi connectivity index (χ2v) is 3.59. The topological polar surface area (TPSA) is 54.4 Å². The van der Waals surface area contributed by atoms with Crippen LogP contribution in [0.2, 0.25) is 0 Å². The summed E-state index contributed by atoms with van der Waals surface area (Å²) in [6.45, 7) is 0. The van der Waals surface area contributed by atoms with Crippen LogP contribution in [0.3, 0.4) is 0 Å². The van der Waals surface area contributed by atoms with E-state index < -0.39 is 11.9 Å². The van der Waals surface area contributed by atoms with E-state index in [1.807, 2.05) is 0 Å². The molecule has 2 atom stereocenters. The largest absolute Gasteiger partial charge is 0.481 e. The molecular formula is C9H11O3. The minimum absolute atomic E-state index is 0.133. The molecule has 3 nitrogen and oxygen atoms in total. The molecule has 0 heterocycles. The SMILES string of the molecule is O=C1[C]2CCC1CCC2C(=O)O. The second kappa shape index (κ2) is 2.57. The van der Waals surface area contributed by atoms with Gasteiger partial charge in [0.1, 0.15) is 5.78 Å². The highest BCUT2D eigenvalue weighted by Crippen LogP contribution is 2.44. The molecule has 0 aromatic heterocycles. The summed E-state index contributed by atoms with van der Waals surface area (Å²) < 4.78 is 0. The fourth-order valence-corrected chi connectivity index (χ4v) is 2.28. The van der Waals surface area contributed by atoms with E-state index >= 15 is 0 Å². The average Bonchev–Trinajstić information content (AvgIpc) is 2.32. The number of hydrogen-bond acceptors (Lipinski definition) is 2. The molecule has 2 saturated carbocycles. The van der Waals surface area contributed by atoms with E-state index in [0.717, 1.165) is 19.3 Å². The zero-order chi connectivity index (χ0) is 8.72. The van der Waals surface area contributed by atoms with Crippen LogP contribution in [0.15, 0.2) is 0 Å². The Morgan fingerprint density at radius 2 is 2.08 bits per heavy atom. The van der Waals surface area contributed by atoms with E-state index in [2.05, 4.69) is 0 Å². The fraction of sp³-hybridized carbons (Fsp3) is 0.667. The first-order chi connectivity index (χ1) is 5.70. The standard InChI is InChI=1S/C9H11O3/c10-8-5-1-3-6(8)7(4-2-5)9(11)12/h5,7H,1-4H2,(H,11,12). The Morgan fingerprint density at radius 1 is 1.33 bits per heavy atom. The predicted molar refractivity (Wildman–Crippen MR) is 41.3 cm³/mol. The predicted octanol–water partition coefficient (Wildman–Crippen LogP) is 1.03. The summed E-state index contributed by atoms with van der Waals surface area (Å²) >= 11 is 0. The summed E-state index contributed by atoms with van der Waals surface area (Å²) in [5.41, 5.74) is 0. The van der Waals surface area contributed by atoms with Crippen molar-refractivity contribution in [2.45, 2.75) is 25.7 Å². The molecule has 3 heteroatoms. The van der Waals surface area contributed by atoms with Gasteiger partial charge in [-0.05, 0) is 25.7 Å². The molecule has 2 aliphatic carbocycles. The van der Waals surface area contributed by atoms with E-state index in [9.17, 15) is 9.59 Å². The summed E-state index contributed by atoms with van der Waals surface area (Å²) in [5, 5.41) is 8.80. The van der Waals surface area contributed by atoms with Crippen LogP contribution in [0, 0.1) is 17.8 Å². The van der Waals surface area contributed by atoms with Crippen LogP contribution in [0.1, 0.15) is 25.7 Å². The lowest BCUT2D eigenvalue weighted by atomic mass is 9.79. The van der Waals surface area contributed by atoms with Crippen molar-refractivity contribution in [3.8, 4) is 0 Å². The Labute approximate surface area is 70.8 Å². The number of fused-ring (bicyclic) bond motifs is 2. The normalized spacial score (nSPS) is 35.5. The molecule has 65 valence electrons. The molecule has 1 radical (unpaired) electrons. The highest BCUT2D eigenvalue weighted by molar-refractivity contribution is 6.01. The number of carboxylic acid groups (broad SMARTS) is 1. The van der Waals surface area contributed by atoms with Crippen LogP contribution in [-0.4, -0.2) is 16.9 Å². The minimum atomic E-state index is -0.821. The Morgan fingerprint density at radius 3 is 2.75 bits per heavy atom. The number of carbonyl (C=O) groups excluding carboxylic acids is 1. The molecule has 2 bridgehead atoms. The van der Waals surface area contributed by atoms with Gasteiger partial charge in [-0.25, -0.2) is 0 Å². The summed E-state index contributed by atoms with van der Waals surface area (Å²) in [7, 11) is 0. The molecule has 2 rings (SSSR count). The van der Waals surface area contributed by atoms with Crippen molar-refractivity contribution < 1.29 is 14.7 Å². The molecule has 0 aromatic rings. The maximum absolute atomic E-state index is 11.4. The Hall–Kier alpha value is -0.860. The first kappa shape index (κ1) is 7.77. The van der Waals surface area contributed by atoms with E-state index in [1.165, 1.54) is 0 Å². The van der Waals surface area contributed by atoms with E-state index in [1.54, 1.807) is 0 Å².